The molecule has 1 aromatic rings. The summed E-state index contributed by atoms with van der Waals surface area (Å²) < 4.78 is 63.3. The van der Waals surface area contributed by atoms with Gasteiger partial charge >= 0.3 is 12.7 Å². The topological polar surface area (TPSA) is 21.1 Å². The zero-order chi connectivity index (χ0) is 14.0. The lowest BCUT2D eigenvalue weighted by Crippen LogP contribution is -2.45. The lowest BCUT2D eigenvalue weighted by atomic mass is 9.91. The molecule has 108 valence electrons. The summed E-state index contributed by atoms with van der Waals surface area (Å²) in [5, 5.41) is 0. The minimum absolute atomic E-state index is 0.0360. The molecule has 0 unspecified atom stereocenters. The molecule has 0 spiro atoms. The van der Waals surface area contributed by atoms with E-state index in [-0.39, 0.29) is 18.4 Å². The fourth-order valence-electron chi connectivity index (χ4n) is 2.12. The van der Waals surface area contributed by atoms with Gasteiger partial charge in [-0.1, -0.05) is 6.42 Å². The highest BCUT2D eigenvalue weighted by Crippen LogP contribution is 2.29. The molecule has 0 radical (unpaired) electrons. The van der Waals surface area contributed by atoms with Crippen LogP contribution in [0, 0.1) is 0 Å². The molecule has 1 aliphatic carbocycles. The number of hydrogen-bond donors (Lipinski definition) is 0. The van der Waals surface area contributed by atoms with Crippen LogP contribution in [0.2, 0.25) is 0 Å². The maximum Gasteiger partial charge on any atom is 0.401 e. The predicted octanol–water partition coefficient (Wildman–Crippen LogP) is 3.20. The highest BCUT2D eigenvalue weighted by atomic mass is 19.4. The lowest BCUT2D eigenvalue weighted by molar-refractivity contribution is -0.156. The molecule has 3 nitrogen and oxygen atoms in total. The van der Waals surface area contributed by atoms with Crippen LogP contribution in [0.3, 0.4) is 0 Å². The van der Waals surface area contributed by atoms with E-state index < -0.39 is 19.3 Å². The average molecular weight is 283 g/mol. The van der Waals surface area contributed by atoms with Crippen LogP contribution in [0.4, 0.5) is 22.0 Å². The second kappa shape index (κ2) is 5.44. The quantitative estimate of drug-likeness (QED) is 0.774. The Morgan fingerprint density at radius 3 is 2.53 bits per heavy atom. The Labute approximate surface area is 107 Å². The molecule has 1 saturated carbocycles. The number of nitrogens with zero attached hydrogens (tertiary/aromatic N) is 3. The molecule has 1 fully saturated rings. The lowest BCUT2D eigenvalue weighted by Gasteiger charge is -2.37. The van der Waals surface area contributed by atoms with Gasteiger partial charge < -0.3 is 0 Å². The van der Waals surface area contributed by atoms with Crippen LogP contribution >= 0.6 is 0 Å². The Morgan fingerprint density at radius 1 is 1.37 bits per heavy atom. The van der Waals surface area contributed by atoms with Gasteiger partial charge in [-0.3, -0.25) is 9.47 Å². The molecule has 1 heterocycles. The van der Waals surface area contributed by atoms with Gasteiger partial charge in [-0.25, -0.2) is 4.98 Å². The first-order valence-corrected chi connectivity index (χ1v) is 5.97. The van der Waals surface area contributed by atoms with Crippen molar-refractivity contribution in [1.29, 1.82) is 0 Å². The summed E-state index contributed by atoms with van der Waals surface area (Å²) in [5.41, 5.74) is 0. The van der Waals surface area contributed by atoms with E-state index in [0.29, 0.717) is 17.4 Å². The summed E-state index contributed by atoms with van der Waals surface area (Å²) >= 11 is 0. The molecular formula is C11H14F5N3. The van der Waals surface area contributed by atoms with Crippen molar-refractivity contribution in [2.24, 2.45) is 0 Å². The Balaban J connectivity index is 2.08. The van der Waals surface area contributed by atoms with Crippen molar-refractivity contribution in [2.45, 2.75) is 44.6 Å². The number of hydrogen-bond acceptors (Lipinski definition) is 2. The Morgan fingerprint density at radius 2 is 2.05 bits per heavy atom. The second-order valence-corrected chi connectivity index (χ2v) is 4.63. The smallest absolute Gasteiger partial charge is 0.285 e. The van der Waals surface area contributed by atoms with Gasteiger partial charge in [0.2, 0.25) is 0 Å². The van der Waals surface area contributed by atoms with Crippen LogP contribution in [-0.2, 0) is 6.54 Å². The molecule has 2 rings (SSSR count). The van der Waals surface area contributed by atoms with E-state index in [1.54, 1.807) is 0 Å². The maximum absolute atomic E-state index is 12.6. The second-order valence-electron chi connectivity index (χ2n) is 4.63. The van der Waals surface area contributed by atoms with Gasteiger partial charge in [0.05, 0.1) is 13.1 Å². The van der Waals surface area contributed by atoms with Gasteiger partial charge in [0.25, 0.3) is 0 Å². The van der Waals surface area contributed by atoms with E-state index >= 15 is 0 Å². The zero-order valence-corrected chi connectivity index (χ0v) is 10.1. The molecule has 8 heteroatoms. The van der Waals surface area contributed by atoms with Crippen molar-refractivity contribution in [3.63, 3.8) is 0 Å². The number of alkyl halides is 5. The van der Waals surface area contributed by atoms with Gasteiger partial charge in [-0.05, 0) is 12.8 Å². The third-order valence-electron chi connectivity index (χ3n) is 3.28. The van der Waals surface area contributed by atoms with Gasteiger partial charge in [0.1, 0.15) is 5.82 Å². The van der Waals surface area contributed by atoms with E-state index in [1.807, 2.05) is 0 Å². The predicted molar refractivity (Wildman–Crippen MR) is 57.6 cm³/mol. The average Bonchev–Trinajstić information content (AvgIpc) is 2.59. The Hall–Kier alpha value is -1.18. The largest absolute Gasteiger partial charge is 0.401 e. The van der Waals surface area contributed by atoms with Crippen LogP contribution in [0.25, 0.3) is 0 Å². The Kier molecular flexibility index (Phi) is 4.07. The van der Waals surface area contributed by atoms with E-state index in [9.17, 15) is 22.0 Å². The number of imidazole rings is 1. The molecule has 0 aromatic carbocycles. The maximum atomic E-state index is 12.6. The van der Waals surface area contributed by atoms with E-state index in [2.05, 4.69) is 4.98 Å². The molecule has 19 heavy (non-hydrogen) atoms. The highest BCUT2D eigenvalue weighted by Gasteiger charge is 2.36. The van der Waals surface area contributed by atoms with Crippen molar-refractivity contribution < 1.29 is 22.0 Å². The fraction of sp³-hybridized carbons (Fsp3) is 0.727. The van der Waals surface area contributed by atoms with Crippen molar-refractivity contribution in [2.75, 3.05) is 6.54 Å². The first kappa shape index (κ1) is 14.2. The van der Waals surface area contributed by atoms with Gasteiger partial charge in [-0.15, -0.1) is 0 Å². The summed E-state index contributed by atoms with van der Waals surface area (Å²) in [6.07, 6.45) is 0.137. The molecule has 1 aliphatic rings. The van der Waals surface area contributed by atoms with E-state index in [4.69, 9.17) is 0 Å². The van der Waals surface area contributed by atoms with Crippen LogP contribution in [0.5, 0.6) is 0 Å². The van der Waals surface area contributed by atoms with Crippen LogP contribution in [-0.4, -0.2) is 33.2 Å². The summed E-state index contributed by atoms with van der Waals surface area (Å²) in [4.78, 5) is 4.91. The van der Waals surface area contributed by atoms with E-state index in [1.165, 1.54) is 11.1 Å². The fourth-order valence-corrected chi connectivity index (χ4v) is 2.12. The van der Waals surface area contributed by atoms with Crippen LogP contribution in [0.1, 0.15) is 31.6 Å². The van der Waals surface area contributed by atoms with Gasteiger partial charge in [-0.2, -0.15) is 22.0 Å². The van der Waals surface area contributed by atoms with Crippen LogP contribution in [0.15, 0.2) is 12.4 Å². The summed E-state index contributed by atoms with van der Waals surface area (Å²) in [5.74, 6) is -0.0360. The minimum atomic E-state index is -4.34. The molecule has 0 saturated heterocycles. The molecule has 1 aromatic heterocycles. The molecular weight excluding hydrogens is 269 g/mol. The molecule has 0 N–H and O–H groups in total. The van der Waals surface area contributed by atoms with Crippen LogP contribution < -0.4 is 0 Å². The standard InChI is InChI=1S/C11H14F5N3/c12-10(13)19-5-4-17-9(19)6-18(7-11(14,15)16)8-2-1-3-8/h4-5,8,10H,1-3,6-7H2. The number of halogens is 5. The third-order valence-corrected chi connectivity index (χ3v) is 3.28. The monoisotopic (exact) mass is 283 g/mol. The van der Waals surface area contributed by atoms with Crippen molar-refractivity contribution in [3.05, 3.63) is 18.2 Å². The molecule has 0 atom stereocenters. The van der Waals surface area contributed by atoms with E-state index in [0.717, 1.165) is 12.6 Å². The normalized spacial score (nSPS) is 17.2. The summed E-state index contributed by atoms with van der Waals surface area (Å²) in [6, 6.07) is -0.190. The van der Waals surface area contributed by atoms with Crippen molar-refractivity contribution in [1.82, 2.24) is 14.5 Å². The first-order chi connectivity index (χ1) is 8.87. The summed E-state index contributed by atoms with van der Waals surface area (Å²) in [6.45, 7) is -4.08. The first-order valence-electron chi connectivity index (χ1n) is 5.97. The Bertz CT molecular complexity index is 411. The summed E-state index contributed by atoms with van der Waals surface area (Å²) in [7, 11) is 0. The molecule has 0 aliphatic heterocycles. The van der Waals surface area contributed by atoms with Gasteiger partial charge in [0.15, 0.2) is 0 Å². The zero-order valence-electron chi connectivity index (χ0n) is 10.1. The molecule has 0 bridgehead atoms. The SMILES string of the molecule is FC(F)n1ccnc1CN(CC(F)(F)F)C1CCC1. The van der Waals surface area contributed by atoms with Crippen molar-refractivity contribution in [3.8, 4) is 0 Å². The van der Waals surface area contributed by atoms with Gasteiger partial charge in [0, 0.05) is 18.4 Å². The molecule has 0 amide bonds. The number of rotatable bonds is 5. The number of aromatic nitrogens is 2. The minimum Gasteiger partial charge on any atom is -0.285 e. The highest BCUT2D eigenvalue weighted by molar-refractivity contribution is 4.95. The van der Waals surface area contributed by atoms with Crippen molar-refractivity contribution >= 4 is 0 Å². The third kappa shape index (κ3) is 3.65.